The van der Waals surface area contributed by atoms with E-state index in [0.29, 0.717) is 0 Å². The van der Waals surface area contributed by atoms with Gasteiger partial charge in [0.2, 0.25) is 0 Å². The minimum absolute atomic E-state index is 0.219. The molecule has 0 spiro atoms. The van der Waals surface area contributed by atoms with Crippen LogP contribution < -0.4 is 10.6 Å². The molecule has 2 heterocycles. The van der Waals surface area contributed by atoms with Crippen molar-refractivity contribution in [1.29, 1.82) is 0 Å². The van der Waals surface area contributed by atoms with Crippen LogP contribution in [0.5, 0.6) is 0 Å². The van der Waals surface area contributed by atoms with Gasteiger partial charge in [0.15, 0.2) is 0 Å². The lowest BCUT2D eigenvalue weighted by atomic mass is 10.0. The van der Waals surface area contributed by atoms with Gasteiger partial charge in [-0.15, -0.1) is 11.3 Å². The topological polar surface area (TPSA) is 37.0 Å². The number of hydrogen-bond donors (Lipinski definition) is 2. The van der Waals surface area contributed by atoms with Crippen LogP contribution >= 0.6 is 11.3 Å². The molecule has 1 aromatic heterocycles. The standard InChI is InChI=1S/C15H19N3S/c1-15(7-8-16-11-15)17-9-13-10-19-14(18-13)12-5-3-2-4-6-12/h2-6,10,16-17H,7-9,11H2,1H3. The molecule has 3 rings (SSSR count). The van der Waals surface area contributed by atoms with Crippen molar-refractivity contribution in [2.45, 2.75) is 25.4 Å². The molecule has 1 aliphatic heterocycles. The van der Waals surface area contributed by atoms with E-state index < -0.39 is 0 Å². The molecular weight excluding hydrogens is 254 g/mol. The molecule has 1 fully saturated rings. The van der Waals surface area contributed by atoms with E-state index in [2.05, 4.69) is 47.2 Å². The van der Waals surface area contributed by atoms with Crippen LogP contribution in [0.4, 0.5) is 0 Å². The lowest BCUT2D eigenvalue weighted by Gasteiger charge is -2.23. The monoisotopic (exact) mass is 273 g/mol. The minimum atomic E-state index is 0.219. The van der Waals surface area contributed by atoms with E-state index in [-0.39, 0.29) is 5.54 Å². The van der Waals surface area contributed by atoms with Crippen LogP contribution in [0.2, 0.25) is 0 Å². The van der Waals surface area contributed by atoms with E-state index in [4.69, 9.17) is 4.98 Å². The molecule has 1 aliphatic rings. The normalized spacial score (nSPS) is 22.8. The first-order valence-electron chi connectivity index (χ1n) is 6.71. The highest BCUT2D eigenvalue weighted by atomic mass is 32.1. The van der Waals surface area contributed by atoms with Crippen molar-refractivity contribution in [3.05, 3.63) is 41.4 Å². The third kappa shape index (κ3) is 3.03. The van der Waals surface area contributed by atoms with E-state index in [0.717, 1.165) is 30.3 Å². The Morgan fingerprint density at radius 2 is 2.21 bits per heavy atom. The Morgan fingerprint density at radius 3 is 2.95 bits per heavy atom. The molecule has 1 saturated heterocycles. The molecule has 1 aromatic carbocycles. The van der Waals surface area contributed by atoms with E-state index in [9.17, 15) is 0 Å². The summed E-state index contributed by atoms with van der Waals surface area (Å²) in [5, 5.41) is 10.3. The summed E-state index contributed by atoms with van der Waals surface area (Å²) in [5.74, 6) is 0. The second-order valence-corrected chi connectivity index (χ2v) is 6.21. The molecule has 100 valence electrons. The van der Waals surface area contributed by atoms with Crippen molar-refractivity contribution in [1.82, 2.24) is 15.6 Å². The van der Waals surface area contributed by atoms with E-state index >= 15 is 0 Å². The summed E-state index contributed by atoms with van der Waals surface area (Å²) in [6, 6.07) is 10.4. The molecule has 0 radical (unpaired) electrons. The van der Waals surface area contributed by atoms with Crippen molar-refractivity contribution in [2.75, 3.05) is 13.1 Å². The van der Waals surface area contributed by atoms with Gasteiger partial charge in [0.25, 0.3) is 0 Å². The molecule has 1 atom stereocenters. The first-order chi connectivity index (χ1) is 9.25. The molecule has 2 N–H and O–H groups in total. The smallest absolute Gasteiger partial charge is 0.123 e. The molecule has 0 bridgehead atoms. The predicted octanol–water partition coefficient (Wildman–Crippen LogP) is 2.65. The Bertz CT molecular complexity index is 529. The maximum atomic E-state index is 4.71. The van der Waals surface area contributed by atoms with E-state index in [1.165, 1.54) is 12.0 Å². The minimum Gasteiger partial charge on any atom is -0.315 e. The molecule has 19 heavy (non-hydrogen) atoms. The average Bonchev–Trinajstić information content (AvgIpc) is 3.07. The number of nitrogens with zero attached hydrogens (tertiary/aromatic N) is 1. The lowest BCUT2D eigenvalue weighted by Crippen LogP contribution is -2.43. The van der Waals surface area contributed by atoms with Gasteiger partial charge in [-0.2, -0.15) is 0 Å². The van der Waals surface area contributed by atoms with Gasteiger partial charge in [0, 0.05) is 29.6 Å². The molecule has 3 nitrogen and oxygen atoms in total. The Hall–Kier alpha value is -1.23. The van der Waals surface area contributed by atoms with Crippen molar-refractivity contribution in [3.8, 4) is 10.6 Å². The fourth-order valence-electron chi connectivity index (χ4n) is 2.37. The number of aromatic nitrogens is 1. The van der Waals surface area contributed by atoms with Gasteiger partial charge in [-0.05, 0) is 19.9 Å². The SMILES string of the molecule is CC1(NCc2csc(-c3ccccc3)n2)CCNC1. The molecular formula is C15H19N3S. The number of hydrogen-bond acceptors (Lipinski definition) is 4. The Kier molecular flexibility index (Phi) is 3.64. The van der Waals surface area contributed by atoms with Gasteiger partial charge >= 0.3 is 0 Å². The largest absolute Gasteiger partial charge is 0.315 e. The quantitative estimate of drug-likeness (QED) is 0.899. The molecule has 0 amide bonds. The van der Waals surface area contributed by atoms with Gasteiger partial charge in [-0.3, -0.25) is 0 Å². The average molecular weight is 273 g/mol. The molecule has 1 unspecified atom stereocenters. The lowest BCUT2D eigenvalue weighted by molar-refractivity contribution is 0.384. The Balaban J connectivity index is 1.65. The summed E-state index contributed by atoms with van der Waals surface area (Å²) < 4.78 is 0. The number of benzene rings is 1. The van der Waals surface area contributed by atoms with Gasteiger partial charge in [0.05, 0.1) is 5.69 Å². The first-order valence-corrected chi connectivity index (χ1v) is 7.59. The van der Waals surface area contributed by atoms with E-state index in [1.807, 2.05) is 6.07 Å². The maximum Gasteiger partial charge on any atom is 0.123 e. The number of rotatable bonds is 4. The number of nitrogens with one attached hydrogen (secondary N) is 2. The van der Waals surface area contributed by atoms with Gasteiger partial charge in [-0.1, -0.05) is 30.3 Å². The van der Waals surface area contributed by atoms with Crippen molar-refractivity contribution in [2.24, 2.45) is 0 Å². The highest BCUT2D eigenvalue weighted by molar-refractivity contribution is 7.13. The molecule has 2 aromatic rings. The zero-order chi connectivity index (χ0) is 13.1. The summed E-state index contributed by atoms with van der Waals surface area (Å²) in [7, 11) is 0. The van der Waals surface area contributed by atoms with Crippen LogP contribution in [0, 0.1) is 0 Å². The second kappa shape index (κ2) is 5.41. The summed E-state index contributed by atoms with van der Waals surface area (Å²) in [5.41, 5.74) is 2.56. The third-order valence-corrected chi connectivity index (χ3v) is 4.58. The molecule has 4 heteroatoms. The van der Waals surface area contributed by atoms with Crippen molar-refractivity contribution < 1.29 is 0 Å². The number of thiazole rings is 1. The van der Waals surface area contributed by atoms with Crippen LogP contribution in [0.1, 0.15) is 19.0 Å². The highest BCUT2D eigenvalue weighted by Gasteiger charge is 2.27. The van der Waals surface area contributed by atoms with Crippen molar-refractivity contribution >= 4 is 11.3 Å². The van der Waals surface area contributed by atoms with Crippen molar-refractivity contribution in [3.63, 3.8) is 0 Å². The zero-order valence-electron chi connectivity index (χ0n) is 11.1. The van der Waals surface area contributed by atoms with Gasteiger partial charge in [-0.25, -0.2) is 4.98 Å². The van der Waals surface area contributed by atoms with Crippen LogP contribution in [-0.2, 0) is 6.54 Å². The summed E-state index contributed by atoms with van der Waals surface area (Å²) in [4.78, 5) is 4.71. The maximum absolute atomic E-state index is 4.71. The summed E-state index contributed by atoms with van der Waals surface area (Å²) in [6.45, 7) is 5.28. The predicted molar refractivity (Wildman–Crippen MR) is 80.3 cm³/mol. The highest BCUT2D eigenvalue weighted by Crippen LogP contribution is 2.23. The Labute approximate surface area is 118 Å². The fraction of sp³-hybridized carbons (Fsp3) is 0.400. The summed E-state index contributed by atoms with van der Waals surface area (Å²) in [6.07, 6.45) is 1.18. The Morgan fingerprint density at radius 1 is 1.37 bits per heavy atom. The first kappa shape index (κ1) is 12.8. The zero-order valence-corrected chi connectivity index (χ0v) is 12.0. The van der Waals surface area contributed by atoms with Crippen LogP contribution in [0.3, 0.4) is 0 Å². The van der Waals surface area contributed by atoms with Crippen LogP contribution in [-0.4, -0.2) is 23.6 Å². The molecule has 0 saturated carbocycles. The fourth-order valence-corrected chi connectivity index (χ4v) is 3.20. The van der Waals surface area contributed by atoms with Gasteiger partial charge < -0.3 is 10.6 Å². The summed E-state index contributed by atoms with van der Waals surface area (Å²) >= 11 is 1.72. The van der Waals surface area contributed by atoms with Gasteiger partial charge in [0.1, 0.15) is 5.01 Å². The van der Waals surface area contributed by atoms with Crippen LogP contribution in [0.25, 0.3) is 10.6 Å². The second-order valence-electron chi connectivity index (χ2n) is 5.35. The third-order valence-electron chi connectivity index (χ3n) is 3.64. The van der Waals surface area contributed by atoms with Crippen LogP contribution in [0.15, 0.2) is 35.7 Å². The van der Waals surface area contributed by atoms with E-state index in [1.54, 1.807) is 11.3 Å². The molecule has 0 aliphatic carbocycles.